The van der Waals surface area contributed by atoms with Gasteiger partial charge in [-0.1, -0.05) is 24.6 Å². The molecule has 0 unspecified atom stereocenters. The van der Waals surface area contributed by atoms with Crippen LogP contribution < -0.4 is 10.7 Å². The Morgan fingerprint density at radius 1 is 1.24 bits per heavy atom. The minimum atomic E-state index is -2.39. The number of benzene rings is 2. The molecule has 0 bridgehead atoms. The fourth-order valence-electron chi connectivity index (χ4n) is 5.19. The summed E-state index contributed by atoms with van der Waals surface area (Å²) in [5, 5.41) is 7.03. The summed E-state index contributed by atoms with van der Waals surface area (Å²) in [4.78, 5) is 16.7. The zero-order chi connectivity index (χ0) is 26.4. The molecule has 2 aliphatic rings. The zero-order valence-corrected chi connectivity index (χ0v) is 22.1. The number of fused-ring (bicyclic) bond motifs is 1. The van der Waals surface area contributed by atoms with Crippen molar-refractivity contribution in [2.45, 2.75) is 50.1 Å². The third-order valence-electron chi connectivity index (χ3n) is 7.19. The molecule has 198 valence electrons. The second kappa shape index (κ2) is 10.4. The summed E-state index contributed by atoms with van der Waals surface area (Å²) < 4.78 is 48.4. The van der Waals surface area contributed by atoms with Crippen LogP contribution in [0, 0.1) is 19.7 Å². The van der Waals surface area contributed by atoms with Gasteiger partial charge in [0.1, 0.15) is 11.9 Å². The van der Waals surface area contributed by atoms with Gasteiger partial charge in [-0.05, 0) is 66.8 Å². The van der Waals surface area contributed by atoms with Crippen LogP contribution >= 0.6 is 23.5 Å². The van der Waals surface area contributed by atoms with Crippen LogP contribution in [0.3, 0.4) is 0 Å². The molecule has 0 amide bonds. The minimum absolute atomic E-state index is 0.0149. The van der Waals surface area contributed by atoms with E-state index in [9.17, 15) is 13.6 Å². The molecule has 3 heterocycles. The number of halogens is 4. The van der Waals surface area contributed by atoms with E-state index in [0.29, 0.717) is 30.3 Å². The average Bonchev–Trinajstić information content (AvgIpc) is 3.24. The van der Waals surface area contributed by atoms with Crippen LogP contribution in [0.2, 0.25) is 5.02 Å². The molecule has 1 N–H and O–H groups in total. The van der Waals surface area contributed by atoms with E-state index >= 15 is 4.39 Å². The highest BCUT2D eigenvalue weighted by Gasteiger charge is 2.42. The molecule has 1 aromatic heterocycles. The Hall–Kier alpha value is -2.47. The summed E-state index contributed by atoms with van der Waals surface area (Å²) in [5.41, 5.74) is 3.20. The second-order valence-corrected chi connectivity index (χ2v) is 11.1. The third-order valence-corrected chi connectivity index (χ3v) is 8.55. The number of aromatic amines is 1. The van der Waals surface area contributed by atoms with Crippen LogP contribution in [0.1, 0.15) is 41.5 Å². The standard InChI is InChI=1S/C25H27ClF3N5O2S/c1-13-4-6-18(27)22(14(13)2)15(3)23(24-30-31-25(35)36-24)34-12-33(17-9-32(10-17)11-21(28)29)19-8-16(26)5-7-20(19)37-34/h4-8,15,17,21,23H,9-12H2,1-3H3,(H,31,35)/t15-,23+/m1/s1. The fraction of sp³-hybridized carbons (Fsp3) is 0.440. The summed E-state index contributed by atoms with van der Waals surface area (Å²) in [6, 6.07) is 8.12. The van der Waals surface area contributed by atoms with Gasteiger partial charge in [0.15, 0.2) is 0 Å². The molecule has 37 heavy (non-hydrogen) atoms. The van der Waals surface area contributed by atoms with Crippen LogP contribution in [0.4, 0.5) is 18.9 Å². The first-order chi connectivity index (χ1) is 17.6. The molecule has 2 aromatic carbocycles. The van der Waals surface area contributed by atoms with Gasteiger partial charge in [-0.25, -0.2) is 27.4 Å². The van der Waals surface area contributed by atoms with E-state index in [0.717, 1.165) is 21.7 Å². The molecule has 7 nitrogen and oxygen atoms in total. The maximum atomic E-state index is 15.2. The summed E-state index contributed by atoms with van der Waals surface area (Å²) in [6.07, 6.45) is -2.39. The summed E-state index contributed by atoms with van der Waals surface area (Å²) in [7, 11) is 0. The fourth-order valence-corrected chi connectivity index (χ4v) is 6.58. The monoisotopic (exact) mass is 553 g/mol. The number of aryl methyl sites for hydroxylation is 1. The molecular formula is C25H27ClF3N5O2S. The van der Waals surface area contributed by atoms with Crippen molar-refractivity contribution in [1.82, 2.24) is 19.4 Å². The molecule has 1 saturated heterocycles. The highest BCUT2D eigenvalue weighted by Crippen LogP contribution is 2.48. The van der Waals surface area contributed by atoms with Crippen LogP contribution in [-0.2, 0) is 0 Å². The molecule has 0 saturated carbocycles. The minimum Gasteiger partial charge on any atom is -0.391 e. The van der Waals surface area contributed by atoms with E-state index < -0.39 is 24.1 Å². The molecular weight excluding hydrogens is 527 g/mol. The van der Waals surface area contributed by atoms with Crippen LogP contribution in [0.25, 0.3) is 0 Å². The smallest absolute Gasteiger partial charge is 0.391 e. The molecule has 2 aliphatic heterocycles. The number of aromatic nitrogens is 2. The average molecular weight is 554 g/mol. The maximum absolute atomic E-state index is 15.2. The van der Waals surface area contributed by atoms with Gasteiger partial charge < -0.3 is 9.32 Å². The number of likely N-dealkylation sites (tertiary alicyclic amines) is 1. The van der Waals surface area contributed by atoms with Crippen molar-refractivity contribution in [2.24, 2.45) is 0 Å². The SMILES string of the molecule is Cc1ccc(F)c([C@@H](C)[C@@H](c2n[nH]c(=O)o2)N2CN(C3CN(CC(F)F)C3)c3cc(Cl)ccc3S2)c1C. The van der Waals surface area contributed by atoms with Crippen LogP contribution in [-0.4, -0.2) is 58.2 Å². The van der Waals surface area contributed by atoms with E-state index in [1.807, 2.05) is 37.2 Å². The Balaban J connectivity index is 1.53. The number of rotatable bonds is 7. The van der Waals surface area contributed by atoms with Gasteiger partial charge >= 0.3 is 5.76 Å². The summed E-state index contributed by atoms with van der Waals surface area (Å²) >= 11 is 7.76. The molecule has 0 aliphatic carbocycles. The lowest BCUT2D eigenvalue weighted by Gasteiger charge is -2.51. The Bertz CT molecular complexity index is 1350. The van der Waals surface area contributed by atoms with Crippen LogP contribution in [0.5, 0.6) is 0 Å². The predicted molar refractivity (Wildman–Crippen MR) is 137 cm³/mol. The number of hydrogen-bond donors (Lipinski definition) is 1. The normalized spacial score (nSPS) is 18.6. The highest BCUT2D eigenvalue weighted by atomic mass is 35.5. The first-order valence-corrected chi connectivity index (χ1v) is 13.1. The lowest BCUT2D eigenvalue weighted by Crippen LogP contribution is -2.62. The maximum Gasteiger partial charge on any atom is 0.434 e. The topological polar surface area (TPSA) is 68.6 Å². The highest BCUT2D eigenvalue weighted by molar-refractivity contribution is 7.97. The Morgan fingerprint density at radius 2 is 2.00 bits per heavy atom. The van der Waals surface area contributed by atoms with Gasteiger partial charge in [0.2, 0.25) is 5.89 Å². The number of H-pyrrole nitrogens is 1. The van der Waals surface area contributed by atoms with Crippen molar-refractivity contribution in [3.8, 4) is 0 Å². The third kappa shape index (κ3) is 5.14. The van der Waals surface area contributed by atoms with E-state index in [1.165, 1.54) is 18.0 Å². The van der Waals surface area contributed by atoms with Crippen molar-refractivity contribution >= 4 is 29.2 Å². The quantitative estimate of drug-likeness (QED) is 0.395. The van der Waals surface area contributed by atoms with Crippen molar-refractivity contribution in [1.29, 1.82) is 0 Å². The molecule has 5 rings (SSSR count). The van der Waals surface area contributed by atoms with E-state index in [2.05, 4.69) is 15.1 Å². The number of alkyl halides is 2. The second-order valence-electron chi connectivity index (χ2n) is 9.58. The number of nitrogens with zero attached hydrogens (tertiary/aromatic N) is 4. The Kier molecular flexibility index (Phi) is 7.32. The number of anilines is 1. The van der Waals surface area contributed by atoms with E-state index in [1.54, 1.807) is 17.0 Å². The number of nitrogens with one attached hydrogen (secondary N) is 1. The van der Waals surface area contributed by atoms with Crippen molar-refractivity contribution in [3.05, 3.63) is 74.3 Å². The van der Waals surface area contributed by atoms with Gasteiger partial charge in [-0.3, -0.25) is 4.90 Å². The van der Waals surface area contributed by atoms with Crippen molar-refractivity contribution < 1.29 is 17.6 Å². The lowest BCUT2D eigenvalue weighted by molar-refractivity contribution is 0.0437. The Labute approximate surface area is 221 Å². The predicted octanol–water partition coefficient (Wildman–Crippen LogP) is 5.35. The first-order valence-electron chi connectivity index (χ1n) is 11.9. The van der Waals surface area contributed by atoms with Crippen molar-refractivity contribution in [2.75, 3.05) is 31.2 Å². The van der Waals surface area contributed by atoms with Gasteiger partial charge in [-0.15, -0.1) is 5.10 Å². The van der Waals surface area contributed by atoms with E-state index in [4.69, 9.17) is 16.0 Å². The summed E-state index contributed by atoms with van der Waals surface area (Å²) in [6.45, 7) is 6.75. The van der Waals surface area contributed by atoms with Crippen LogP contribution in [0.15, 0.2) is 44.4 Å². The first kappa shape index (κ1) is 26.1. The Morgan fingerprint density at radius 3 is 2.68 bits per heavy atom. The molecule has 0 spiro atoms. The molecule has 12 heteroatoms. The van der Waals surface area contributed by atoms with Gasteiger partial charge in [0.05, 0.1) is 24.9 Å². The number of hydrogen-bond acceptors (Lipinski definition) is 7. The van der Waals surface area contributed by atoms with Gasteiger partial charge in [0.25, 0.3) is 6.43 Å². The van der Waals surface area contributed by atoms with Crippen molar-refractivity contribution in [3.63, 3.8) is 0 Å². The largest absolute Gasteiger partial charge is 0.434 e. The molecule has 2 atom stereocenters. The molecule has 0 radical (unpaired) electrons. The van der Waals surface area contributed by atoms with Gasteiger partial charge in [-0.2, -0.15) is 0 Å². The summed E-state index contributed by atoms with van der Waals surface area (Å²) in [5.74, 6) is -1.32. The lowest BCUT2D eigenvalue weighted by atomic mass is 9.87. The zero-order valence-electron chi connectivity index (χ0n) is 20.6. The molecule has 3 aromatic rings. The van der Waals surface area contributed by atoms with E-state index in [-0.39, 0.29) is 24.3 Å². The molecule has 1 fully saturated rings. The van der Waals surface area contributed by atoms with Gasteiger partial charge in [0, 0.05) is 28.9 Å².